The summed E-state index contributed by atoms with van der Waals surface area (Å²) in [6, 6.07) is 0. The fourth-order valence-corrected chi connectivity index (χ4v) is 5.40. The van der Waals surface area contributed by atoms with Crippen LogP contribution in [0.1, 0.15) is 13.8 Å². The zero-order valence-electron chi connectivity index (χ0n) is 23.2. The molecule has 0 aromatic carbocycles. The van der Waals surface area contributed by atoms with E-state index < -0.39 is 136 Å². The van der Waals surface area contributed by atoms with Crippen LogP contribution in [0.25, 0.3) is 0 Å². The van der Waals surface area contributed by atoms with Crippen LogP contribution in [0.5, 0.6) is 0 Å². The van der Waals surface area contributed by atoms with Crippen molar-refractivity contribution < 1.29 is 94.4 Å². The summed E-state index contributed by atoms with van der Waals surface area (Å²) >= 11 is 0. The number of ether oxygens (including phenoxy) is 7. The Kier molecular flexibility index (Phi) is 11.7. The molecule has 4 heterocycles. The van der Waals surface area contributed by atoms with Gasteiger partial charge >= 0.3 is 0 Å². The summed E-state index contributed by atoms with van der Waals surface area (Å²) in [6.07, 6.45) is -33.0. The molecule has 43 heavy (non-hydrogen) atoms. The fraction of sp³-hybridized carbons (Fsp3) is 1.00. The van der Waals surface area contributed by atoms with Gasteiger partial charge < -0.3 is 94.4 Å². The highest BCUT2D eigenvalue weighted by atomic mass is 16.8. The molecule has 0 bridgehead atoms. The van der Waals surface area contributed by atoms with Crippen LogP contribution in [0.3, 0.4) is 0 Å². The Morgan fingerprint density at radius 2 is 0.884 bits per heavy atom. The van der Waals surface area contributed by atoms with Crippen LogP contribution in [0.15, 0.2) is 0 Å². The van der Waals surface area contributed by atoms with Crippen molar-refractivity contribution in [2.45, 2.75) is 137 Å². The van der Waals surface area contributed by atoms with Crippen LogP contribution >= 0.6 is 0 Å². The van der Waals surface area contributed by atoms with Crippen LogP contribution in [0.4, 0.5) is 0 Å². The van der Waals surface area contributed by atoms with Gasteiger partial charge in [0.1, 0.15) is 85.5 Å². The Labute approximate surface area is 244 Å². The van der Waals surface area contributed by atoms with E-state index in [1.807, 2.05) is 0 Å². The summed E-state index contributed by atoms with van der Waals surface area (Å²) in [7, 11) is 0. The van der Waals surface area contributed by atoms with E-state index in [0.717, 1.165) is 0 Å². The average Bonchev–Trinajstić information content (AvgIpc) is 2.98. The topological polar surface area (TPSA) is 307 Å². The molecule has 0 aromatic heterocycles. The number of aliphatic hydroxyl groups excluding tert-OH is 12. The van der Waals surface area contributed by atoms with Crippen LogP contribution in [0, 0.1) is 0 Å². The van der Waals surface area contributed by atoms with Crippen molar-refractivity contribution in [3.8, 4) is 0 Å². The molecule has 4 saturated heterocycles. The van der Waals surface area contributed by atoms with Crippen molar-refractivity contribution >= 4 is 0 Å². The van der Waals surface area contributed by atoms with Gasteiger partial charge in [0.15, 0.2) is 25.2 Å². The van der Waals surface area contributed by atoms with Gasteiger partial charge in [0.25, 0.3) is 0 Å². The van der Waals surface area contributed by atoms with Gasteiger partial charge in [-0.2, -0.15) is 0 Å². The van der Waals surface area contributed by atoms with Crippen LogP contribution in [-0.4, -0.2) is 197 Å². The second kappa shape index (κ2) is 14.3. The maximum Gasteiger partial charge on any atom is 0.187 e. The smallest absolute Gasteiger partial charge is 0.187 e. The maximum atomic E-state index is 11.2. The zero-order valence-corrected chi connectivity index (χ0v) is 23.2. The Hall–Kier alpha value is -0.760. The standard InChI is InChI=1S/C24H42O19/c1-5-9(27)12(30)15(33)22(37-5)42-19-17(35)18(8(4-26)39-21(19)36)41-24-20(14(32)11(29)7(3-25)40-24)43-23-16(34)13(31)10(28)6(2)38-23/h5-36H,3-4H2,1-2H3. The molecule has 252 valence electrons. The van der Waals surface area contributed by atoms with E-state index >= 15 is 0 Å². The minimum Gasteiger partial charge on any atom is -0.394 e. The molecule has 0 spiro atoms. The average molecular weight is 635 g/mol. The van der Waals surface area contributed by atoms with Crippen molar-refractivity contribution in [2.24, 2.45) is 0 Å². The molecule has 4 aliphatic heterocycles. The molecule has 0 amide bonds. The molecule has 20 unspecified atom stereocenters. The molecule has 0 aliphatic carbocycles. The summed E-state index contributed by atoms with van der Waals surface area (Å²) in [5, 5.41) is 123. The van der Waals surface area contributed by atoms with Crippen molar-refractivity contribution in [2.75, 3.05) is 13.2 Å². The fourth-order valence-electron chi connectivity index (χ4n) is 5.40. The quantitative estimate of drug-likeness (QED) is 0.118. The third-order valence-electron chi connectivity index (χ3n) is 8.13. The highest BCUT2D eigenvalue weighted by Gasteiger charge is 2.55. The van der Waals surface area contributed by atoms with Gasteiger partial charge in [-0.05, 0) is 13.8 Å². The molecule has 20 atom stereocenters. The van der Waals surface area contributed by atoms with E-state index in [2.05, 4.69) is 0 Å². The van der Waals surface area contributed by atoms with E-state index in [9.17, 15) is 61.3 Å². The van der Waals surface area contributed by atoms with Gasteiger partial charge in [0, 0.05) is 0 Å². The number of hydrogen-bond donors (Lipinski definition) is 12. The number of hydrogen-bond acceptors (Lipinski definition) is 19. The number of rotatable bonds is 8. The van der Waals surface area contributed by atoms with Crippen LogP contribution < -0.4 is 0 Å². The van der Waals surface area contributed by atoms with E-state index in [1.165, 1.54) is 13.8 Å². The lowest BCUT2D eigenvalue weighted by atomic mass is 9.96. The Morgan fingerprint density at radius 1 is 0.419 bits per heavy atom. The first-order chi connectivity index (χ1) is 20.2. The van der Waals surface area contributed by atoms with Gasteiger partial charge in [-0.1, -0.05) is 0 Å². The summed E-state index contributed by atoms with van der Waals surface area (Å²) in [5.41, 5.74) is 0. The van der Waals surface area contributed by atoms with E-state index in [-0.39, 0.29) is 0 Å². The molecule has 0 aromatic rings. The summed E-state index contributed by atoms with van der Waals surface area (Å²) in [6.45, 7) is 1.07. The van der Waals surface area contributed by atoms with Crippen molar-refractivity contribution in [1.82, 2.24) is 0 Å². The molecule has 19 heteroatoms. The van der Waals surface area contributed by atoms with Gasteiger partial charge in [0.05, 0.1) is 25.4 Å². The number of aliphatic hydroxyl groups is 12. The van der Waals surface area contributed by atoms with E-state index in [1.54, 1.807) is 0 Å². The highest BCUT2D eigenvalue weighted by molar-refractivity contribution is 4.97. The van der Waals surface area contributed by atoms with Crippen LogP contribution in [0.2, 0.25) is 0 Å². The normalized spacial score (nSPS) is 54.8. The van der Waals surface area contributed by atoms with Crippen molar-refractivity contribution in [1.29, 1.82) is 0 Å². The Morgan fingerprint density at radius 3 is 1.37 bits per heavy atom. The van der Waals surface area contributed by atoms with E-state index in [4.69, 9.17) is 33.2 Å². The Balaban J connectivity index is 1.56. The van der Waals surface area contributed by atoms with Crippen LogP contribution in [-0.2, 0) is 33.2 Å². The molecule has 4 fully saturated rings. The largest absolute Gasteiger partial charge is 0.394 e. The lowest BCUT2D eigenvalue weighted by Crippen LogP contribution is -2.67. The van der Waals surface area contributed by atoms with E-state index in [0.29, 0.717) is 0 Å². The van der Waals surface area contributed by atoms with Gasteiger partial charge in [-0.25, -0.2) is 0 Å². The third-order valence-corrected chi connectivity index (χ3v) is 8.13. The first kappa shape index (κ1) is 35.1. The predicted molar refractivity (Wildman–Crippen MR) is 131 cm³/mol. The summed E-state index contributed by atoms with van der Waals surface area (Å²) < 4.78 is 38.6. The molecule has 4 aliphatic rings. The zero-order chi connectivity index (χ0) is 31.9. The molecule has 12 N–H and O–H groups in total. The van der Waals surface area contributed by atoms with Gasteiger partial charge in [-0.15, -0.1) is 0 Å². The molecule has 19 nitrogen and oxygen atoms in total. The third kappa shape index (κ3) is 7.00. The predicted octanol–water partition coefficient (Wildman–Crippen LogP) is -7.69. The highest BCUT2D eigenvalue weighted by Crippen LogP contribution is 2.34. The molecule has 0 saturated carbocycles. The minimum absolute atomic E-state index is 0.823. The SMILES string of the molecule is CC1OC(OC2C(O)OC(CO)C(OC3OC(CO)C(O)C(O)C3OC3OC(C)C(O)C(O)C3O)C2O)C(O)C(O)C1O. The maximum absolute atomic E-state index is 11.2. The molecule has 0 radical (unpaired) electrons. The summed E-state index contributed by atoms with van der Waals surface area (Å²) in [4.78, 5) is 0. The first-order valence-corrected chi connectivity index (χ1v) is 13.8. The van der Waals surface area contributed by atoms with Gasteiger partial charge in [0.2, 0.25) is 0 Å². The minimum atomic E-state index is -1.95. The molecular weight excluding hydrogens is 592 g/mol. The second-order valence-corrected chi connectivity index (χ2v) is 11.1. The summed E-state index contributed by atoms with van der Waals surface area (Å²) in [5.74, 6) is 0. The van der Waals surface area contributed by atoms with Crippen molar-refractivity contribution in [3.05, 3.63) is 0 Å². The monoisotopic (exact) mass is 634 g/mol. The second-order valence-electron chi connectivity index (χ2n) is 11.1. The molecular formula is C24H42O19. The lowest BCUT2D eigenvalue weighted by molar-refractivity contribution is -0.396. The Bertz CT molecular complexity index is 886. The molecule has 4 rings (SSSR count). The van der Waals surface area contributed by atoms with Crippen molar-refractivity contribution in [3.63, 3.8) is 0 Å². The lowest BCUT2D eigenvalue weighted by Gasteiger charge is -2.49. The first-order valence-electron chi connectivity index (χ1n) is 13.8. The van der Waals surface area contributed by atoms with Gasteiger partial charge in [-0.3, -0.25) is 0 Å².